The minimum absolute atomic E-state index is 0. The largest absolute Gasteiger partial charge is 0.481 e. The Balaban J connectivity index is 0.00000162. The fourth-order valence-corrected chi connectivity index (χ4v) is 2.97. The van der Waals surface area contributed by atoms with Gasteiger partial charge in [-0.15, -0.1) is 0 Å². The van der Waals surface area contributed by atoms with Crippen molar-refractivity contribution in [1.82, 2.24) is 0 Å². The van der Waals surface area contributed by atoms with Crippen LogP contribution in [0.2, 0.25) is 0 Å². The van der Waals surface area contributed by atoms with Crippen LogP contribution in [-0.2, 0) is 43.9 Å². The van der Waals surface area contributed by atoms with E-state index in [2.05, 4.69) is 26.8 Å². The van der Waals surface area contributed by atoms with Gasteiger partial charge in [0.25, 0.3) is 0 Å². The fraction of sp³-hybridized carbons (Fsp3) is 0.533. The SMILES string of the molecule is Cc1cc2c(c(C)c1C)CCCC2CC(=O)O.[Y]. The molecular weight excluding hydrogens is 301 g/mol. The average Bonchev–Trinajstić information content (AvgIpc) is 2.27. The molecule has 1 aliphatic rings. The molecule has 1 unspecified atom stereocenters. The number of hydrogen-bond acceptors (Lipinski definition) is 1. The molecule has 0 saturated heterocycles. The zero-order valence-corrected chi connectivity index (χ0v) is 14.3. The maximum Gasteiger partial charge on any atom is 0.303 e. The Morgan fingerprint density at radius 3 is 2.61 bits per heavy atom. The van der Waals surface area contributed by atoms with E-state index in [0.29, 0.717) is 0 Å². The zero-order valence-electron chi connectivity index (χ0n) is 11.4. The van der Waals surface area contributed by atoms with Crippen LogP contribution in [0.25, 0.3) is 0 Å². The Morgan fingerprint density at radius 2 is 2.00 bits per heavy atom. The Bertz CT molecular complexity index is 466. The number of aryl methyl sites for hydroxylation is 1. The molecule has 0 heterocycles. The van der Waals surface area contributed by atoms with Gasteiger partial charge in [-0.05, 0) is 73.8 Å². The molecule has 18 heavy (non-hydrogen) atoms. The Morgan fingerprint density at radius 1 is 1.33 bits per heavy atom. The first-order valence-electron chi connectivity index (χ1n) is 6.32. The van der Waals surface area contributed by atoms with Crippen molar-refractivity contribution in [2.75, 3.05) is 0 Å². The van der Waals surface area contributed by atoms with Crippen molar-refractivity contribution in [1.29, 1.82) is 0 Å². The van der Waals surface area contributed by atoms with Gasteiger partial charge in [-0.3, -0.25) is 4.79 Å². The summed E-state index contributed by atoms with van der Waals surface area (Å²) in [5.41, 5.74) is 6.72. The molecule has 1 aliphatic carbocycles. The number of hydrogen-bond donors (Lipinski definition) is 1. The second-order valence-corrected chi connectivity index (χ2v) is 5.20. The third kappa shape index (κ3) is 3.03. The van der Waals surface area contributed by atoms with E-state index < -0.39 is 5.97 Å². The second kappa shape index (κ2) is 6.30. The van der Waals surface area contributed by atoms with Gasteiger partial charge >= 0.3 is 5.97 Å². The quantitative estimate of drug-likeness (QED) is 0.905. The van der Waals surface area contributed by atoms with Crippen LogP contribution in [0.5, 0.6) is 0 Å². The van der Waals surface area contributed by atoms with Gasteiger partial charge in [-0.1, -0.05) is 6.07 Å². The summed E-state index contributed by atoms with van der Waals surface area (Å²) >= 11 is 0. The van der Waals surface area contributed by atoms with Crippen LogP contribution in [0.1, 0.15) is 53.0 Å². The van der Waals surface area contributed by atoms with E-state index in [1.807, 2.05) is 0 Å². The topological polar surface area (TPSA) is 37.3 Å². The maximum absolute atomic E-state index is 10.9. The number of carboxylic acids is 1. The molecule has 1 aromatic rings. The van der Waals surface area contributed by atoms with Crippen LogP contribution in [-0.4, -0.2) is 11.1 Å². The molecule has 0 fully saturated rings. The minimum atomic E-state index is -0.682. The number of carboxylic acid groups (broad SMARTS) is 1. The van der Waals surface area contributed by atoms with Crippen LogP contribution in [0, 0.1) is 20.8 Å². The minimum Gasteiger partial charge on any atom is -0.481 e. The first-order chi connectivity index (χ1) is 8.00. The molecule has 0 amide bonds. The normalized spacial score (nSPS) is 17.8. The number of aliphatic carboxylic acids is 1. The summed E-state index contributed by atoms with van der Waals surface area (Å²) in [6.45, 7) is 6.45. The molecule has 0 saturated carbocycles. The smallest absolute Gasteiger partial charge is 0.303 e. The van der Waals surface area contributed by atoms with Gasteiger partial charge < -0.3 is 5.11 Å². The summed E-state index contributed by atoms with van der Waals surface area (Å²) in [7, 11) is 0. The van der Waals surface area contributed by atoms with Crippen molar-refractivity contribution < 1.29 is 42.6 Å². The molecule has 95 valence electrons. The molecule has 2 rings (SSSR count). The van der Waals surface area contributed by atoms with E-state index in [-0.39, 0.29) is 45.0 Å². The standard InChI is InChI=1S/C15H20O2.Y/c1-9-7-14-12(8-15(16)17)5-4-6-13(14)11(3)10(9)2;/h7,12H,4-6,8H2,1-3H3,(H,16,17);. The van der Waals surface area contributed by atoms with Crippen molar-refractivity contribution in [3.63, 3.8) is 0 Å². The van der Waals surface area contributed by atoms with Crippen molar-refractivity contribution in [2.24, 2.45) is 0 Å². The van der Waals surface area contributed by atoms with Crippen LogP contribution in [0.15, 0.2) is 6.07 Å². The molecule has 3 heteroatoms. The zero-order chi connectivity index (χ0) is 12.6. The number of benzene rings is 1. The first kappa shape index (κ1) is 15.9. The molecule has 1 N–H and O–H groups in total. The van der Waals surface area contributed by atoms with Crippen LogP contribution in [0.3, 0.4) is 0 Å². The molecule has 0 spiro atoms. The second-order valence-electron chi connectivity index (χ2n) is 5.20. The van der Waals surface area contributed by atoms with Gasteiger partial charge in [0.1, 0.15) is 0 Å². The first-order valence-corrected chi connectivity index (χ1v) is 6.32. The van der Waals surface area contributed by atoms with E-state index in [1.165, 1.54) is 27.8 Å². The van der Waals surface area contributed by atoms with E-state index in [9.17, 15) is 4.79 Å². The van der Waals surface area contributed by atoms with Crippen LogP contribution >= 0.6 is 0 Å². The molecule has 1 radical (unpaired) electrons. The molecule has 0 aromatic heterocycles. The summed E-state index contributed by atoms with van der Waals surface area (Å²) in [5.74, 6) is -0.465. The van der Waals surface area contributed by atoms with Gasteiger partial charge in [0.05, 0.1) is 6.42 Å². The van der Waals surface area contributed by atoms with Crippen molar-refractivity contribution in [2.45, 2.75) is 52.4 Å². The monoisotopic (exact) mass is 321 g/mol. The Hall–Kier alpha value is -0.206. The third-order valence-corrected chi connectivity index (χ3v) is 4.17. The van der Waals surface area contributed by atoms with Gasteiger partial charge in [0, 0.05) is 32.7 Å². The Labute approximate surface area is 134 Å². The van der Waals surface area contributed by atoms with E-state index in [4.69, 9.17) is 5.11 Å². The summed E-state index contributed by atoms with van der Waals surface area (Å²) in [5, 5.41) is 8.98. The fourth-order valence-electron chi connectivity index (χ4n) is 2.97. The summed E-state index contributed by atoms with van der Waals surface area (Å²) in [4.78, 5) is 10.9. The number of carbonyl (C=O) groups is 1. The van der Waals surface area contributed by atoms with E-state index in [0.717, 1.165) is 19.3 Å². The molecule has 1 atom stereocenters. The molecular formula is C15H20O2Y. The molecule has 1 aromatic carbocycles. The van der Waals surface area contributed by atoms with Crippen molar-refractivity contribution in [3.8, 4) is 0 Å². The van der Waals surface area contributed by atoms with Crippen LogP contribution in [0.4, 0.5) is 0 Å². The average molecular weight is 321 g/mol. The van der Waals surface area contributed by atoms with Crippen molar-refractivity contribution in [3.05, 3.63) is 33.9 Å². The third-order valence-electron chi connectivity index (χ3n) is 4.17. The summed E-state index contributed by atoms with van der Waals surface area (Å²) in [6, 6.07) is 2.21. The van der Waals surface area contributed by atoms with Crippen LogP contribution < -0.4 is 0 Å². The predicted octanol–water partition coefficient (Wildman–Crippen LogP) is 3.50. The van der Waals surface area contributed by atoms with E-state index in [1.54, 1.807) is 0 Å². The molecule has 2 nitrogen and oxygen atoms in total. The molecule has 0 aliphatic heterocycles. The molecule has 0 bridgehead atoms. The number of fused-ring (bicyclic) bond motifs is 1. The van der Waals surface area contributed by atoms with Gasteiger partial charge in [0.15, 0.2) is 0 Å². The summed E-state index contributed by atoms with van der Waals surface area (Å²) in [6.07, 6.45) is 3.52. The van der Waals surface area contributed by atoms with Crippen molar-refractivity contribution >= 4 is 5.97 Å². The Kier molecular flexibility index (Phi) is 5.54. The van der Waals surface area contributed by atoms with Gasteiger partial charge in [-0.25, -0.2) is 0 Å². The summed E-state index contributed by atoms with van der Waals surface area (Å²) < 4.78 is 0. The number of rotatable bonds is 2. The van der Waals surface area contributed by atoms with Gasteiger partial charge in [-0.2, -0.15) is 0 Å². The van der Waals surface area contributed by atoms with Gasteiger partial charge in [0.2, 0.25) is 0 Å². The maximum atomic E-state index is 10.9. The van der Waals surface area contributed by atoms with E-state index >= 15 is 0 Å². The predicted molar refractivity (Wildman–Crippen MR) is 68.6 cm³/mol.